The van der Waals surface area contributed by atoms with Gasteiger partial charge in [0.2, 0.25) is 0 Å². The first kappa shape index (κ1) is 18.4. The van der Waals surface area contributed by atoms with Crippen LogP contribution in [0.15, 0.2) is 48.5 Å². The van der Waals surface area contributed by atoms with E-state index in [2.05, 4.69) is 36.4 Å². The summed E-state index contributed by atoms with van der Waals surface area (Å²) in [6.07, 6.45) is 0. The molecule has 0 fully saturated rings. The molecule has 142 valence electrons. The molecule has 0 aliphatic rings. The third kappa shape index (κ3) is 3.58. The zero-order valence-electron chi connectivity index (χ0n) is 16.0. The van der Waals surface area contributed by atoms with Crippen molar-refractivity contribution in [2.75, 3.05) is 5.32 Å². The van der Waals surface area contributed by atoms with Crippen molar-refractivity contribution in [3.8, 4) is 0 Å². The number of hydrogen-bond acceptors (Lipinski definition) is 3. The van der Waals surface area contributed by atoms with Crippen molar-refractivity contribution in [3.05, 3.63) is 64.7 Å². The second-order valence-electron chi connectivity index (χ2n) is 7.44. The molecule has 0 atom stereocenters. The monoisotopic (exact) mass is 392 g/mol. The molecule has 0 aliphatic heterocycles. The molecule has 28 heavy (non-hydrogen) atoms. The van der Waals surface area contributed by atoms with Crippen LogP contribution in [0.1, 0.15) is 29.8 Å². The van der Waals surface area contributed by atoms with Crippen molar-refractivity contribution in [1.82, 2.24) is 14.8 Å². The maximum atomic E-state index is 12.7. The molecule has 0 bridgehead atoms. The molecule has 0 spiro atoms. The Kier molecular flexibility index (Phi) is 4.77. The van der Waals surface area contributed by atoms with Gasteiger partial charge in [-0.1, -0.05) is 43.6 Å². The molecular weight excluding hydrogens is 372 g/mol. The number of nitrogens with zero attached hydrogens (tertiary/aromatic N) is 3. The molecule has 0 saturated heterocycles. The van der Waals surface area contributed by atoms with Crippen LogP contribution in [0.25, 0.3) is 21.9 Å². The SMILES string of the molecule is Cc1ccc2cc3c(NC(=O)c4cccc(Cl)c4)nn(CC(C)C)c3nc2c1. The molecule has 6 heteroatoms. The molecule has 4 rings (SSSR count). The van der Waals surface area contributed by atoms with Gasteiger partial charge < -0.3 is 5.32 Å². The van der Waals surface area contributed by atoms with Gasteiger partial charge in [0.1, 0.15) is 0 Å². The van der Waals surface area contributed by atoms with Gasteiger partial charge in [-0.2, -0.15) is 5.10 Å². The van der Waals surface area contributed by atoms with Crippen molar-refractivity contribution >= 4 is 45.3 Å². The summed E-state index contributed by atoms with van der Waals surface area (Å²) < 4.78 is 1.87. The Morgan fingerprint density at radius 3 is 2.75 bits per heavy atom. The zero-order valence-corrected chi connectivity index (χ0v) is 16.8. The molecule has 0 saturated carbocycles. The van der Waals surface area contributed by atoms with Gasteiger partial charge in [-0.05, 0) is 48.7 Å². The number of benzene rings is 2. The van der Waals surface area contributed by atoms with Crippen molar-refractivity contribution < 1.29 is 4.79 Å². The number of aromatic nitrogens is 3. The zero-order chi connectivity index (χ0) is 19.8. The number of amides is 1. The lowest BCUT2D eigenvalue weighted by molar-refractivity contribution is 0.102. The molecule has 5 nitrogen and oxygen atoms in total. The highest BCUT2D eigenvalue weighted by molar-refractivity contribution is 6.31. The molecular formula is C22H21ClN4O. The smallest absolute Gasteiger partial charge is 0.256 e. The van der Waals surface area contributed by atoms with Crippen LogP contribution in [-0.4, -0.2) is 20.7 Å². The number of halogens is 1. The van der Waals surface area contributed by atoms with Gasteiger partial charge in [-0.25, -0.2) is 9.67 Å². The van der Waals surface area contributed by atoms with Crippen LogP contribution in [0.4, 0.5) is 5.82 Å². The fraction of sp³-hybridized carbons (Fsp3) is 0.227. The summed E-state index contributed by atoms with van der Waals surface area (Å²) in [4.78, 5) is 17.5. The summed E-state index contributed by atoms with van der Waals surface area (Å²) >= 11 is 6.02. The van der Waals surface area contributed by atoms with E-state index in [1.165, 1.54) is 0 Å². The van der Waals surface area contributed by atoms with E-state index in [-0.39, 0.29) is 5.91 Å². The lowest BCUT2D eigenvalue weighted by Gasteiger charge is -2.06. The average molecular weight is 393 g/mol. The molecule has 1 N–H and O–H groups in total. The number of pyridine rings is 1. The molecule has 0 unspecified atom stereocenters. The molecule has 2 aromatic carbocycles. The molecule has 0 aliphatic carbocycles. The van der Waals surface area contributed by atoms with Gasteiger partial charge in [-0.3, -0.25) is 4.79 Å². The Morgan fingerprint density at radius 1 is 1.18 bits per heavy atom. The minimum Gasteiger partial charge on any atom is -0.305 e. The summed E-state index contributed by atoms with van der Waals surface area (Å²) in [5.41, 5.74) is 3.34. The second kappa shape index (κ2) is 7.24. The third-order valence-corrected chi connectivity index (χ3v) is 4.77. The minimum atomic E-state index is -0.248. The van der Waals surface area contributed by atoms with E-state index in [0.717, 1.165) is 27.5 Å². The number of carbonyl (C=O) groups is 1. The average Bonchev–Trinajstić information content (AvgIpc) is 2.95. The van der Waals surface area contributed by atoms with Gasteiger partial charge in [0, 0.05) is 22.5 Å². The Labute approximate surface area is 168 Å². The van der Waals surface area contributed by atoms with Crippen LogP contribution in [0.3, 0.4) is 0 Å². The maximum absolute atomic E-state index is 12.7. The molecule has 2 aromatic heterocycles. The first-order valence-corrected chi connectivity index (χ1v) is 9.63. The van der Waals surface area contributed by atoms with Crippen molar-refractivity contribution in [1.29, 1.82) is 0 Å². The predicted molar refractivity (Wildman–Crippen MR) is 114 cm³/mol. The number of rotatable bonds is 4. The molecule has 4 aromatic rings. The Hall–Kier alpha value is -2.92. The predicted octanol–water partition coefficient (Wildman–Crippen LogP) is 5.45. The van der Waals surface area contributed by atoms with E-state index < -0.39 is 0 Å². The van der Waals surface area contributed by atoms with E-state index in [0.29, 0.717) is 28.9 Å². The standard InChI is InChI=1S/C22H21ClN4O/c1-13(2)12-27-21-18(11-15-8-7-14(3)9-19(15)24-21)20(26-27)25-22(28)16-5-4-6-17(23)10-16/h4-11,13H,12H2,1-3H3,(H,25,26,28). The molecule has 1 amide bonds. The molecule has 0 radical (unpaired) electrons. The second-order valence-corrected chi connectivity index (χ2v) is 7.88. The highest BCUT2D eigenvalue weighted by Gasteiger charge is 2.17. The van der Waals surface area contributed by atoms with Crippen LogP contribution in [0, 0.1) is 12.8 Å². The number of carbonyl (C=O) groups excluding carboxylic acids is 1. The van der Waals surface area contributed by atoms with E-state index in [1.807, 2.05) is 23.7 Å². The summed E-state index contributed by atoms with van der Waals surface area (Å²) in [5.74, 6) is 0.660. The fourth-order valence-corrected chi connectivity index (χ4v) is 3.43. The topological polar surface area (TPSA) is 59.8 Å². The fourth-order valence-electron chi connectivity index (χ4n) is 3.23. The van der Waals surface area contributed by atoms with Gasteiger partial charge in [0.25, 0.3) is 5.91 Å². The van der Waals surface area contributed by atoms with E-state index in [1.54, 1.807) is 24.3 Å². The first-order chi connectivity index (χ1) is 13.4. The van der Waals surface area contributed by atoms with Gasteiger partial charge >= 0.3 is 0 Å². The highest BCUT2D eigenvalue weighted by atomic mass is 35.5. The van der Waals surface area contributed by atoms with E-state index in [4.69, 9.17) is 16.6 Å². The third-order valence-electron chi connectivity index (χ3n) is 4.53. The largest absolute Gasteiger partial charge is 0.305 e. The van der Waals surface area contributed by atoms with Crippen LogP contribution in [0.5, 0.6) is 0 Å². The van der Waals surface area contributed by atoms with Crippen molar-refractivity contribution in [2.45, 2.75) is 27.3 Å². The molecule has 2 heterocycles. The Balaban J connectivity index is 1.82. The summed E-state index contributed by atoms with van der Waals surface area (Å²) in [6.45, 7) is 7.02. The van der Waals surface area contributed by atoms with Crippen LogP contribution >= 0.6 is 11.6 Å². The number of aryl methyl sites for hydroxylation is 1. The maximum Gasteiger partial charge on any atom is 0.256 e. The highest BCUT2D eigenvalue weighted by Crippen LogP contribution is 2.27. The summed E-state index contributed by atoms with van der Waals surface area (Å²) in [5, 5.41) is 9.94. The van der Waals surface area contributed by atoms with Gasteiger partial charge in [0.05, 0.1) is 10.9 Å². The number of hydrogen-bond donors (Lipinski definition) is 1. The van der Waals surface area contributed by atoms with Crippen LogP contribution < -0.4 is 5.32 Å². The lowest BCUT2D eigenvalue weighted by atomic mass is 10.1. The number of fused-ring (bicyclic) bond motifs is 2. The van der Waals surface area contributed by atoms with Crippen LogP contribution in [0.2, 0.25) is 5.02 Å². The number of nitrogens with one attached hydrogen (secondary N) is 1. The minimum absolute atomic E-state index is 0.248. The van der Waals surface area contributed by atoms with Crippen molar-refractivity contribution in [2.24, 2.45) is 5.92 Å². The van der Waals surface area contributed by atoms with E-state index in [9.17, 15) is 4.79 Å². The summed E-state index contributed by atoms with van der Waals surface area (Å²) in [7, 11) is 0. The van der Waals surface area contributed by atoms with Crippen molar-refractivity contribution in [3.63, 3.8) is 0 Å². The normalized spacial score (nSPS) is 11.5. The lowest BCUT2D eigenvalue weighted by Crippen LogP contribution is -2.13. The summed E-state index contributed by atoms with van der Waals surface area (Å²) in [6, 6.07) is 15.1. The van der Waals surface area contributed by atoms with E-state index >= 15 is 0 Å². The van der Waals surface area contributed by atoms with Crippen LogP contribution in [-0.2, 0) is 6.54 Å². The Bertz CT molecular complexity index is 1200. The number of anilines is 1. The quantitative estimate of drug-likeness (QED) is 0.502. The first-order valence-electron chi connectivity index (χ1n) is 9.25. The van der Waals surface area contributed by atoms with Gasteiger partial charge in [0.15, 0.2) is 11.5 Å². The van der Waals surface area contributed by atoms with Gasteiger partial charge in [-0.15, -0.1) is 0 Å². The Morgan fingerprint density at radius 2 is 2.00 bits per heavy atom.